The lowest BCUT2D eigenvalue weighted by Gasteiger charge is -2.30. The van der Waals surface area contributed by atoms with E-state index >= 15 is 0 Å². The van der Waals surface area contributed by atoms with Crippen molar-refractivity contribution in [1.82, 2.24) is 29.5 Å². The van der Waals surface area contributed by atoms with Crippen LogP contribution in [0.5, 0.6) is 0 Å². The van der Waals surface area contributed by atoms with Crippen LogP contribution in [0.2, 0.25) is 0 Å². The SMILES string of the molecule is CN1CC(c2ccc3ccc(-c4nnc5ccc([C@H](N6CCC(C)(O)C6)C(F)(F)F)cn45)nc3c2)C=N1. The molecule has 8 nitrogen and oxygen atoms in total. The highest BCUT2D eigenvalue weighted by molar-refractivity contribution is 5.83. The zero-order chi connectivity index (χ0) is 25.9. The molecule has 2 aliphatic heterocycles. The third-order valence-corrected chi connectivity index (χ3v) is 7.18. The van der Waals surface area contributed by atoms with Crippen molar-refractivity contribution < 1.29 is 18.3 Å². The van der Waals surface area contributed by atoms with E-state index in [2.05, 4.69) is 21.4 Å². The first-order chi connectivity index (χ1) is 17.6. The van der Waals surface area contributed by atoms with E-state index in [0.717, 1.165) is 23.0 Å². The van der Waals surface area contributed by atoms with Crippen molar-refractivity contribution in [2.24, 2.45) is 5.10 Å². The predicted molar refractivity (Wildman–Crippen MR) is 133 cm³/mol. The number of pyridine rings is 2. The molecule has 1 saturated heterocycles. The molecule has 0 saturated carbocycles. The van der Waals surface area contributed by atoms with Crippen molar-refractivity contribution in [3.8, 4) is 11.5 Å². The Morgan fingerprint density at radius 1 is 1.11 bits per heavy atom. The molecule has 0 bridgehead atoms. The maximum Gasteiger partial charge on any atom is 0.408 e. The summed E-state index contributed by atoms with van der Waals surface area (Å²) in [6.07, 6.45) is -0.887. The van der Waals surface area contributed by atoms with Gasteiger partial charge in [0, 0.05) is 50.4 Å². The first kappa shape index (κ1) is 23.8. The molecule has 11 heteroatoms. The maximum absolute atomic E-state index is 14.2. The second-order valence-corrected chi connectivity index (χ2v) is 10.2. The number of halogens is 3. The number of likely N-dealkylation sites (tertiary alicyclic amines) is 1. The Morgan fingerprint density at radius 3 is 2.62 bits per heavy atom. The molecule has 3 atom stereocenters. The van der Waals surface area contributed by atoms with Crippen molar-refractivity contribution >= 4 is 22.8 Å². The van der Waals surface area contributed by atoms with Gasteiger partial charge >= 0.3 is 6.18 Å². The fourth-order valence-electron chi connectivity index (χ4n) is 5.31. The van der Waals surface area contributed by atoms with Crippen LogP contribution in [0, 0.1) is 0 Å². The number of hydrogen-bond donors (Lipinski definition) is 1. The number of fused-ring (bicyclic) bond motifs is 2. The third kappa shape index (κ3) is 4.42. The highest BCUT2D eigenvalue weighted by Gasteiger charge is 2.48. The monoisotopic (exact) mass is 509 g/mol. The fraction of sp³-hybridized carbons (Fsp3) is 0.385. The first-order valence-corrected chi connectivity index (χ1v) is 12.1. The van der Waals surface area contributed by atoms with Gasteiger partial charge in [0.1, 0.15) is 11.7 Å². The smallest absolute Gasteiger partial charge is 0.389 e. The van der Waals surface area contributed by atoms with Gasteiger partial charge in [-0.15, -0.1) is 10.2 Å². The van der Waals surface area contributed by atoms with Gasteiger partial charge in [0.25, 0.3) is 0 Å². The van der Waals surface area contributed by atoms with E-state index in [1.54, 1.807) is 17.4 Å². The molecule has 6 rings (SSSR count). The average molecular weight is 510 g/mol. The molecule has 1 N–H and O–H groups in total. The fourth-order valence-corrected chi connectivity index (χ4v) is 5.31. The van der Waals surface area contributed by atoms with Crippen LogP contribution in [-0.2, 0) is 0 Å². The predicted octanol–water partition coefficient (Wildman–Crippen LogP) is 4.02. The number of hydrogen-bond acceptors (Lipinski definition) is 7. The van der Waals surface area contributed by atoms with Gasteiger partial charge in [-0.2, -0.15) is 18.3 Å². The van der Waals surface area contributed by atoms with Crippen LogP contribution >= 0.6 is 0 Å². The van der Waals surface area contributed by atoms with Crippen LogP contribution in [-0.4, -0.2) is 79.3 Å². The second kappa shape index (κ2) is 8.49. The normalized spacial score (nSPS) is 23.5. The van der Waals surface area contributed by atoms with E-state index in [0.29, 0.717) is 17.2 Å². The summed E-state index contributed by atoms with van der Waals surface area (Å²) in [5.41, 5.74) is 1.70. The summed E-state index contributed by atoms with van der Waals surface area (Å²) in [6, 6.07) is 10.9. The summed E-state index contributed by atoms with van der Waals surface area (Å²) in [5.74, 6) is 0.530. The standard InChI is InChI=1S/C26H26F3N7O/c1-25(37)9-10-35(15-25)23(26(27,28)29)18-6-8-22-32-33-24(36(22)14-18)20-7-5-16-3-4-17(11-21(16)31-20)19-12-30-34(2)13-19/h3-8,11-12,14,19,23,37H,9-10,13,15H2,1-2H3/t19?,23-,25?/m0/s1. The maximum atomic E-state index is 14.2. The number of alkyl halides is 3. The zero-order valence-corrected chi connectivity index (χ0v) is 20.4. The topological polar surface area (TPSA) is 82.2 Å². The summed E-state index contributed by atoms with van der Waals surface area (Å²) in [4.78, 5) is 6.07. The number of aromatic nitrogens is 4. The van der Waals surface area contributed by atoms with Crippen molar-refractivity contribution in [3.05, 3.63) is 59.8 Å². The minimum atomic E-state index is -4.52. The minimum absolute atomic E-state index is 0.0553. The Labute approximate surface area is 211 Å². The number of β-amino-alcohol motifs (C(OH)–C–C–N with tert-alkyl or cyclic N) is 1. The number of rotatable bonds is 4. The largest absolute Gasteiger partial charge is 0.408 e. The van der Waals surface area contributed by atoms with Gasteiger partial charge < -0.3 is 5.11 Å². The summed E-state index contributed by atoms with van der Waals surface area (Å²) in [7, 11) is 1.92. The van der Waals surface area contributed by atoms with Gasteiger partial charge in [0.2, 0.25) is 0 Å². The quantitative estimate of drug-likeness (QED) is 0.448. The van der Waals surface area contributed by atoms with E-state index in [-0.39, 0.29) is 31.0 Å². The van der Waals surface area contributed by atoms with Gasteiger partial charge in [-0.25, -0.2) is 4.98 Å². The third-order valence-electron chi connectivity index (χ3n) is 7.18. The molecular formula is C26H26F3N7O. The van der Waals surface area contributed by atoms with E-state index in [4.69, 9.17) is 4.98 Å². The molecule has 2 aliphatic rings. The first-order valence-electron chi connectivity index (χ1n) is 12.1. The van der Waals surface area contributed by atoms with Crippen LogP contribution in [0.4, 0.5) is 13.2 Å². The minimum Gasteiger partial charge on any atom is -0.389 e. The Balaban J connectivity index is 1.40. The molecule has 2 unspecified atom stereocenters. The van der Waals surface area contributed by atoms with Gasteiger partial charge in [0.15, 0.2) is 11.5 Å². The molecule has 1 fully saturated rings. The molecule has 37 heavy (non-hydrogen) atoms. The van der Waals surface area contributed by atoms with Gasteiger partial charge in [-0.1, -0.05) is 24.3 Å². The van der Waals surface area contributed by atoms with Crippen molar-refractivity contribution in [1.29, 1.82) is 0 Å². The highest BCUT2D eigenvalue weighted by Crippen LogP contribution is 2.41. The molecular weight excluding hydrogens is 483 g/mol. The van der Waals surface area contributed by atoms with Gasteiger partial charge in [-0.05, 0) is 42.7 Å². The van der Waals surface area contributed by atoms with E-state index in [9.17, 15) is 18.3 Å². The molecule has 4 aromatic rings. The number of benzene rings is 1. The van der Waals surface area contributed by atoms with Crippen molar-refractivity contribution in [2.45, 2.75) is 37.1 Å². The van der Waals surface area contributed by atoms with Gasteiger partial charge in [-0.3, -0.25) is 14.3 Å². The van der Waals surface area contributed by atoms with E-state index < -0.39 is 17.8 Å². The molecule has 5 heterocycles. The van der Waals surface area contributed by atoms with Crippen LogP contribution in [0.1, 0.15) is 36.4 Å². The molecule has 0 aliphatic carbocycles. The Bertz CT molecular complexity index is 1510. The van der Waals surface area contributed by atoms with Crippen LogP contribution in [0.25, 0.3) is 28.1 Å². The molecule has 0 spiro atoms. The van der Waals surface area contributed by atoms with Crippen LogP contribution in [0.3, 0.4) is 0 Å². The molecule has 0 radical (unpaired) electrons. The number of hydrazone groups is 1. The highest BCUT2D eigenvalue weighted by atomic mass is 19.4. The molecule has 3 aromatic heterocycles. The van der Waals surface area contributed by atoms with Crippen molar-refractivity contribution in [2.75, 3.05) is 26.7 Å². The Morgan fingerprint density at radius 2 is 1.92 bits per heavy atom. The summed E-state index contributed by atoms with van der Waals surface area (Å²) in [5, 5.41) is 25.9. The number of likely N-dealkylation sites (N-methyl/N-ethyl adjacent to an activating group) is 1. The number of nitrogens with zero attached hydrogens (tertiary/aromatic N) is 7. The lowest BCUT2D eigenvalue weighted by molar-refractivity contribution is -0.185. The molecule has 1 aromatic carbocycles. The van der Waals surface area contributed by atoms with Crippen LogP contribution in [0.15, 0.2) is 53.8 Å². The summed E-state index contributed by atoms with van der Waals surface area (Å²) < 4.78 is 44.3. The second-order valence-electron chi connectivity index (χ2n) is 10.2. The molecule has 192 valence electrons. The van der Waals surface area contributed by atoms with Crippen LogP contribution < -0.4 is 0 Å². The van der Waals surface area contributed by atoms with Crippen molar-refractivity contribution in [3.63, 3.8) is 0 Å². The zero-order valence-electron chi connectivity index (χ0n) is 20.4. The lowest BCUT2D eigenvalue weighted by atomic mass is 9.99. The van der Waals surface area contributed by atoms with Gasteiger partial charge in [0.05, 0.1) is 11.1 Å². The summed E-state index contributed by atoms with van der Waals surface area (Å²) >= 11 is 0. The van der Waals surface area contributed by atoms with E-state index in [1.807, 2.05) is 36.5 Å². The lowest BCUT2D eigenvalue weighted by Crippen LogP contribution is -2.39. The Hall–Kier alpha value is -3.57. The summed E-state index contributed by atoms with van der Waals surface area (Å²) in [6.45, 7) is 2.45. The average Bonchev–Trinajstić information content (AvgIpc) is 3.55. The number of aliphatic hydroxyl groups is 1. The van der Waals surface area contributed by atoms with E-state index in [1.165, 1.54) is 23.2 Å². The molecule has 0 amide bonds. The Kier molecular flexibility index (Phi) is 5.46.